The Kier molecular flexibility index (Phi) is 4.32. The summed E-state index contributed by atoms with van der Waals surface area (Å²) in [6, 6.07) is 0.554. The van der Waals surface area contributed by atoms with Crippen LogP contribution in [0.1, 0.15) is 45.5 Å². The summed E-state index contributed by atoms with van der Waals surface area (Å²) < 4.78 is 2.27. The molecule has 0 radical (unpaired) electrons. The molecule has 1 aromatic heterocycles. The van der Waals surface area contributed by atoms with Crippen molar-refractivity contribution in [1.29, 1.82) is 0 Å². The maximum absolute atomic E-state index is 3.25. The summed E-state index contributed by atoms with van der Waals surface area (Å²) in [5, 5.41) is 0. The number of hydrogen-bond donors (Lipinski definition) is 1. The van der Waals surface area contributed by atoms with Gasteiger partial charge in [0.25, 0.3) is 5.82 Å². The minimum absolute atomic E-state index is 0. The van der Waals surface area contributed by atoms with E-state index >= 15 is 0 Å². The molecule has 0 saturated heterocycles. The zero-order valence-corrected chi connectivity index (χ0v) is 8.98. The molecule has 1 rings (SSSR count). The van der Waals surface area contributed by atoms with Crippen LogP contribution in [0.2, 0.25) is 0 Å². The van der Waals surface area contributed by atoms with Crippen molar-refractivity contribution in [2.24, 2.45) is 0 Å². The molecule has 0 amide bonds. The molecule has 0 unspecified atom stereocenters. The quantitative estimate of drug-likeness (QED) is 0.690. The van der Waals surface area contributed by atoms with Crippen LogP contribution in [0, 0.1) is 0 Å². The summed E-state index contributed by atoms with van der Waals surface area (Å²) in [6.45, 7) is 8.79. The lowest BCUT2D eigenvalue weighted by Gasteiger charge is -2.05. The van der Waals surface area contributed by atoms with Crippen LogP contribution >= 0.6 is 12.4 Å². The van der Waals surface area contributed by atoms with Crippen LogP contribution in [-0.4, -0.2) is 4.98 Å². The van der Waals surface area contributed by atoms with E-state index < -0.39 is 0 Å². The lowest BCUT2D eigenvalue weighted by atomic mass is 10.2. The van der Waals surface area contributed by atoms with Gasteiger partial charge in [0.15, 0.2) is 0 Å². The van der Waals surface area contributed by atoms with Gasteiger partial charge >= 0.3 is 0 Å². The molecule has 1 N–H and O–H groups in total. The number of imidazole rings is 1. The van der Waals surface area contributed by atoms with Crippen molar-refractivity contribution in [1.82, 2.24) is 4.98 Å². The molecule has 0 spiro atoms. The second kappa shape index (κ2) is 4.51. The number of aromatic nitrogens is 2. The van der Waals surface area contributed by atoms with E-state index in [1.807, 2.05) is 6.20 Å². The Bertz CT molecular complexity index is 206. The molecular formula is C9H18ClN2+. The van der Waals surface area contributed by atoms with Crippen LogP contribution in [0.5, 0.6) is 0 Å². The highest BCUT2D eigenvalue weighted by Gasteiger charge is 2.15. The minimum Gasteiger partial charge on any atom is -0.247 e. The fourth-order valence-corrected chi connectivity index (χ4v) is 1.27. The van der Waals surface area contributed by atoms with Crippen LogP contribution in [0.25, 0.3) is 0 Å². The van der Waals surface area contributed by atoms with Crippen molar-refractivity contribution < 1.29 is 4.57 Å². The van der Waals surface area contributed by atoms with Gasteiger partial charge in [-0.05, 0) is 13.8 Å². The molecule has 12 heavy (non-hydrogen) atoms. The van der Waals surface area contributed by atoms with E-state index in [0.29, 0.717) is 12.0 Å². The van der Waals surface area contributed by atoms with Gasteiger partial charge in [0.05, 0.1) is 12.0 Å². The molecule has 0 aliphatic rings. The zero-order chi connectivity index (χ0) is 8.43. The molecule has 1 aromatic rings. The molecule has 0 bridgehead atoms. The highest BCUT2D eigenvalue weighted by molar-refractivity contribution is 5.85. The maximum Gasteiger partial charge on any atom is 0.256 e. The van der Waals surface area contributed by atoms with Gasteiger partial charge in [-0.1, -0.05) is 13.8 Å². The second-order valence-corrected chi connectivity index (χ2v) is 3.50. The van der Waals surface area contributed by atoms with Crippen molar-refractivity contribution in [2.45, 2.75) is 39.7 Å². The van der Waals surface area contributed by atoms with Gasteiger partial charge in [-0.3, -0.25) is 0 Å². The Labute approximate surface area is 80.4 Å². The molecule has 1 heterocycles. The number of H-pyrrole nitrogens is 1. The van der Waals surface area contributed by atoms with Gasteiger partial charge in [-0.25, -0.2) is 9.55 Å². The lowest BCUT2D eigenvalue weighted by Crippen LogP contribution is -2.38. The molecule has 0 saturated carbocycles. The van der Waals surface area contributed by atoms with Gasteiger partial charge in [0.1, 0.15) is 12.4 Å². The highest BCUT2D eigenvalue weighted by atomic mass is 35.5. The standard InChI is InChI=1S/C9H16N2.ClH/c1-7(2)9-10-5-6-11(9)8(3)4;/h5-8H,1-4H3;1H/p+1. The van der Waals surface area contributed by atoms with Crippen LogP contribution in [0.15, 0.2) is 12.4 Å². The Morgan fingerprint density at radius 1 is 1.25 bits per heavy atom. The zero-order valence-electron chi connectivity index (χ0n) is 8.16. The van der Waals surface area contributed by atoms with Crippen molar-refractivity contribution in [3.05, 3.63) is 18.2 Å². The smallest absolute Gasteiger partial charge is 0.247 e. The first-order chi connectivity index (χ1) is 5.13. The Balaban J connectivity index is 0.00000121. The SMILES string of the molecule is CC(C)c1[nH]cc[n+]1C(C)C.Cl. The van der Waals surface area contributed by atoms with Crippen molar-refractivity contribution >= 4 is 12.4 Å². The van der Waals surface area contributed by atoms with Crippen molar-refractivity contribution in [2.75, 3.05) is 0 Å². The van der Waals surface area contributed by atoms with E-state index in [4.69, 9.17) is 0 Å². The third-order valence-corrected chi connectivity index (χ3v) is 1.85. The molecule has 0 fully saturated rings. The summed E-state index contributed by atoms with van der Waals surface area (Å²) in [6.07, 6.45) is 4.09. The first kappa shape index (κ1) is 11.5. The number of aromatic amines is 1. The number of halogens is 1. The second-order valence-electron chi connectivity index (χ2n) is 3.50. The van der Waals surface area contributed by atoms with E-state index in [1.165, 1.54) is 5.82 Å². The van der Waals surface area contributed by atoms with E-state index in [9.17, 15) is 0 Å². The molecule has 3 heteroatoms. The third-order valence-electron chi connectivity index (χ3n) is 1.85. The van der Waals surface area contributed by atoms with Crippen LogP contribution in [0.4, 0.5) is 0 Å². The maximum atomic E-state index is 3.25. The van der Waals surface area contributed by atoms with Crippen LogP contribution < -0.4 is 4.57 Å². The predicted octanol–water partition coefficient (Wildman–Crippen LogP) is 2.43. The first-order valence-corrected chi connectivity index (χ1v) is 4.21. The Morgan fingerprint density at radius 3 is 2.17 bits per heavy atom. The van der Waals surface area contributed by atoms with Gasteiger partial charge in [-0.15, -0.1) is 12.4 Å². The molecular weight excluding hydrogens is 172 g/mol. The third kappa shape index (κ3) is 2.24. The molecule has 2 nitrogen and oxygen atoms in total. The molecule has 0 atom stereocenters. The lowest BCUT2D eigenvalue weighted by molar-refractivity contribution is -0.722. The first-order valence-electron chi connectivity index (χ1n) is 4.21. The van der Waals surface area contributed by atoms with E-state index in [-0.39, 0.29) is 12.4 Å². The van der Waals surface area contributed by atoms with Gasteiger partial charge in [0.2, 0.25) is 0 Å². The monoisotopic (exact) mass is 189 g/mol. The number of hydrogen-bond acceptors (Lipinski definition) is 0. The Morgan fingerprint density at radius 2 is 1.83 bits per heavy atom. The van der Waals surface area contributed by atoms with E-state index in [2.05, 4.69) is 43.4 Å². The Hall–Kier alpha value is -0.500. The van der Waals surface area contributed by atoms with Gasteiger partial charge in [0, 0.05) is 0 Å². The van der Waals surface area contributed by atoms with Crippen LogP contribution in [0.3, 0.4) is 0 Å². The highest BCUT2D eigenvalue weighted by Crippen LogP contribution is 2.07. The van der Waals surface area contributed by atoms with Gasteiger partial charge in [-0.2, -0.15) is 0 Å². The minimum atomic E-state index is 0. The number of nitrogens with zero attached hydrogens (tertiary/aromatic N) is 1. The normalized spacial score (nSPS) is 10.5. The predicted molar refractivity (Wildman–Crippen MR) is 52.7 cm³/mol. The van der Waals surface area contributed by atoms with Crippen molar-refractivity contribution in [3.63, 3.8) is 0 Å². The van der Waals surface area contributed by atoms with Crippen molar-refractivity contribution in [3.8, 4) is 0 Å². The molecule has 0 aromatic carbocycles. The number of nitrogens with one attached hydrogen (secondary N) is 1. The summed E-state index contributed by atoms with van der Waals surface area (Å²) in [5.74, 6) is 1.88. The van der Waals surface area contributed by atoms with Crippen LogP contribution in [-0.2, 0) is 0 Å². The van der Waals surface area contributed by atoms with E-state index in [1.54, 1.807) is 0 Å². The van der Waals surface area contributed by atoms with Gasteiger partial charge < -0.3 is 0 Å². The average Bonchev–Trinajstić information content (AvgIpc) is 2.32. The topological polar surface area (TPSA) is 19.7 Å². The molecule has 70 valence electrons. The fourth-order valence-electron chi connectivity index (χ4n) is 1.27. The summed E-state index contributed by atoms with van der Waals surface area (Å²) in [5.41, 5.74) is 0. The summed E-state index contributed by atoms with van der Waals surface area (Å²) in [7, 11) is 0. The van der Waals surface area contributed by atoms with E-state index in [0.717, 1.165) is 0 Å². The summed E-state index contributed by atoms with van der Waals surface area (Å²) >= 11 is 0. The summed E-state index contributed by atoms with van der Waals surface area (Å²) in [4.78, 5) is 3.25. The fraction of sp³-hybridized carbons (Fsp3) is 0.667. The largest absolute Gasteiger partial charge is 0.256 e. The molecule has 0 aliphatic carbocycles. The average molecular weight is 190 g/mol. The molecule has 0 aliphatic heterocycles. The number of rotatable bonds is 2.